The molecular weight excluding hydrogens is 252 g/mol. The zero-order valence-corrected chi connectivity index (χ0v) is 10.9. The van der Waals surface area contributed by atoms with Gasteiger partial charge in [0.15, 0.2) is 5.65 Å². The van der Waals surface area contributed by atoms with Crippen LogP contribution in [0.5, 0.6) is 0 Å². The second-order valence-electron chi connectivity index (χ2n) is 4.40. The van der Waals surface area contributed by atoms with Crippen LogP contribution in [0.3, 0.4) is 0 Å². The van der Waals surface area contributed by atoms with Crippen LogP contribution in [0.2, 0.25) is 0 Å². The molecule has 0 aromatic carbocycles. The highest BCUT2D eigenvalue weighted by atomic mass is 16.1. The van der Waals surface area contributed by atoms with Gasteiger partial charge in [-0.1, -0.05) is 6.07 Å². The summed E-state index contributed by atoms with van der Waals surface area (Å²) < 4.78 is 0. The van der Waals surface area contributed by atoms with Crippen molar-refractivity contribution in [2.24, 2.45) is 5.73 Å². The normalized spacial score (nSPS) is 10.7. The predicted molar refractivity (Wildman–Crippen MR) is 76.0 cm³/mol. The third-order valence-electron chi connectivity index (χ3n) is 3.11. The van der Waals surface area contributed by atoms with Gasteiger partial charge in [0.25, 0.3) is 5.91 Å². The Morgan fingerprint density at radius 1 is 1.10 bits per heavy atom. The van der Waals surface area contributed by atoms with Gasteiger partial charge in [0.1, 0.15) is 0 Å². The molecule has 3 aromatic rings. The Balaban J connectivity index is 2.48. The minimum atomic E-state index is -0.513. The van der Waals surface area contributed by atoms with E-state index in [2.05, 4.69) is 15.0 Å². The van der Waals surface area contributed by atoms with Crippen LogP contribution in [0, 0.1) is 6.92 Å². The van der Waals surface area contributed by atoms with E-state index in [0.29, 0.717) is 28.2 Å². The topological polar surface area (TPSA) is 81.8 Å². The zero-order chi connectivity index (χ0) is 14.1. The van der Waals surface area contributed by atoms with Gasteiger partial charge in [-0.25, -0.2) is 9.97 Å². The molecule has 0 saturated carbocycles. The van der Waals surface area contributed by atoms with E-state index in [1.54, 1.807) is 25.4 Å². The summed E-state index contributed by atoms with van der Waals surface area (Å²) in [5, 5.41) is 0.769. The Labute approximate surface area is 115 Å². The van der Waals surface area contributed by atoms with Crippen molar-refractivity contribution in [1.29, 1.82) is 0 Å². The molecule has 5 heteroatoms. The van der Waals surface area contributed by atoms with Gasteiger partial charge in [-0.3, -0.25) is 9.78 Å². The number of aryl methyl sites for hydroxylation is 1. The van der Waals surface area contributed by atoms with E-state index < -0.39 is 5.91 Å². The molecule has 0 bridgehead atoms. The van der Waals surface area contributed by atoms with Gasteiger partial charge in [0, 0.05) is 23.3 Å². The summed E-state index contributed by atoms with van der Waals surface area (Å²) in [5.41, 5.74) is 8.42. The molecule has 98 valence electrons. The number of aromatic nitrogens is 3. The molecule has 0 atom stereocenters. The number of nitrogens with zero attached hydrogens (tertiary/aromatic N) is 3. The van der Waals surface area contributed by atoms with Gasteiger partial charge in [0.2, 0.25) is 0 Å². The van der Waals surface area contributed by atoms with E-state index in [-0.39, 0.29) is 0 Å². The summed E-state index contributed by atoms with van der Waals surface area (Å²) in [4.78, 5) is 24.7. The van der Waals surface area contributed by atoms with E-state index in [1.165, 1.54) is 0 Å². The lowest BCUT2D eigenvalue weighted by Gasteiger charge is -2.12. The molecule has 2 N–H and O–H groups in total. The first-order valence-electron chi connectivity index (χ1n) is 6.15. The van der Waals surface area contributed by atoms with E-state index >= 15 is 0 Å². The molecule has 3 rings (SSSR count). The first-order valence-corrected chi connectivity index (χ1v) is 6.15. The number of carbonyl (C=O) groups excluding carboxylic acids is 1. The molecule has 1 amide bonds. The van der Waals surface area contributed by atoms with Crippen molar-refractivity contribution in [3.05, 3.63) is 54.0 Å². The Bertz CT molecular complexity index is 800. The average Bonchev–Trinajstić information content (AvgIpc) is 2.46. The summed E-state index contributed by atoms with van der Waals surface area (Å²) in [6.45, 7) is 1.75. The molecule has 5 nitrogen and oxygen atoms in total. The molecule has 0 aliphatic rings. The van der Waals surface area contributed by atoms with Gasteiger partial charge >= 0.3 is 0 Å². The molecule has 3 heterocycles. The van der Waals surface area contributed by atoms with Crippen LogP contribution in [0.15, 0.2) is 42.7 Å². The highest BCUT2D eigenvalue weighted by Crippen LogP contribution is 2.30. The summed E-state index contributed by atoms with van der Waals surface area (Å²) in [7, 11) is 0. The standard InChI is InChI=1S/C15H12N4O/c1-9-12(14(16)20)13(11-6-2-3-7-17-11)10-5-4-8-18-15(10)19-9/h2-8H,1H3,(H2,16,20). The summed E-state index contributed by atoms with van der Waals surface area (Å²) in [5.74, 6) is -0.513. The minimum Gasteiger partial charge on any atom is -0.366 e. The SMILES string of the molecule is Cc1nc2ncccc2c(-c2ccccn2)c1C(N)=O. The first kappa shape index (κ1) is 12.2. The van der Waals surface area contributed by atoms with Crippen LogP contribution < -0.4 is 5.73 Å². The van der Waals surface area contributed by atoms with Crippen LogP contribution in [0.25, 0.3) is 22.3 Å². The van der Waals surface area contributed by atoms with Crippen LogP contribution in [0.4, 0.5) is 0 Å². The molecule has 20 heavy (non-hydrogen) atoms. The van der Waals surface area contributed by atoms with Crippen molar-refractivity contribution in [1.82, 2.24) is 15.0 Å². The fourth-order valence-corrected chi connectivity index (χ4v) is 2.29. The van der Waals surface area contributed by atoms with Gasteiger partial charge < -0.3 is 5.73 Å². The highest BCUT2D eigenvalue weighted by molar-refractivity contribution is 6.07. The Hall–Kier alpha value is -2.82. The lowest BCUT2D eigenvalue weighted by Crippen LogP contribution is -2.16. The van der Waals surface area contributed by atoms with Crippen molar-refractivity contribution >= 4 is 16.9 Å². The predicted octanol–water partition coefficient (Wildman–Crippen LogP) is 2.10. The molecule has 0 aliphatic heterocycles. The van der Waals surface area contributed by atoms with Crippen molar-refractivity contribution in [2.45, 2.75) is 6.92 Å². The number of primary amides is 1. The monoisotopic (exact) mass is 264 g/mol. The smallest absolute Gasteiger partial charge is 0.251 e. The molecular formula is C15H12N4O. The number of carbonyl (C=O) groups is 1. The fraction of sp³-hybridized carbons (Fsp3) is 0.0667. The number of fused-ring (bicyclic) bond motifs is 1. The molecule has 0 unspecified atom stereocenters. The van der Waals surface area contributed by atoms with Crippen LogP contribution in [-0.4, -0.2) is 20.9 Å². The van der Waals surface area contributed by atoms with Crippen LogP contribution in [-0.2, 0) is 0 Å². The van der Waals surface area contributed by atoms with Gasteiger partial charge in [0.05, 0.1) is 17.0 Å². The van der Waals surface area contributed by atoms with Crippen LogP contribution >= 0.6 is 0 Å². The second kappa shape index (κ2) is 4.70. The third kappa shape index (κ3) is 1.89. The zero-order valence-electron chi connectivity index (χ0n) is 10.9. The number of amides is 1. The summed E-state index contributed by atoms with van der Waals surface area (Å²) in [6.07, 6.45) is 3.35. The number of nitrogens with two attached hydrogens (primary N) is 1. The number of pyridine rings is 3. The molecule has 0 radical (unpaired) electrons. The van der Waals surface area contributed by atoms with Crippen LogP contribution in [0.1, 0.15) is 16.1 Å². The van der Waals surface area contributed by atoms with Gasteiger partial charge in [-0.15, -0.1) is 0 Å². The summed E-state index contributed by atoms with van der Waals surface area (Å²) in [6, 6.07) is 9.20. The number of hydrogen-bond donors (Lipinski definition) is 1. The quantitative estimate of drug-likeness (QED) is 0.768. The van der Waals surface area contributed by atoms with E-state index in [9.17, 15) is 4.79 Å². The molecule has 0 aliphatic carbocycles. The Morgan fingerprint density at radius 2 is 1.90 bits per heavy atom. The lowest BCUT2D eigenvalue weighted by atomic mass is 9.98. The number of rotatable bonds is 2. The summed E-state index contributed by atoms with van der Waals surface area (Å²) >= 11 is 0. The lowest BCUT2D eigenvalue weighted by molar-refractivity contribution is 0.1000. The maximum Gasteiger partial charge on any atom is 0.251 e. The minimum absolute atomic E-state index is 0.393. The molecule has 0 spiro atoms. The van der Waals surface area contributed by atoms with E-state index in [1.807, 2.05) is 24.3 Å². The van der Waals surface area contributed by atoms with E-state index in [4.69, 9.17) is 5.73 Å². The molecule has 3 aromatic heterocycles. The van der Waals surface area contributed by atoms with Gasteiger partial charge in [-0.05, 0) is 31.2 Å². The molecule has 0 fully saturated rings. The maximum atomic E-state index is 11.8. The van der Waals surface area contributed by atoms with Crippen molar-refractivity contribution in [3.8, 4) is 11.3 Å². The Morgan fingerprint density at radius 3 is 2.60 bits per heavy atom. The molecule has 0 saturated heterocycles. The van der Waals surface area contributed by atoms with Gasteiger partial charge in [-0.2, -0.15) is 0 Å². The Kier molecular flexibility index (Phi) is 2.87. The van der Waals surface area contributed by atoms with E-state index in [0.717, 1.165) is 5.39 Å². The van der Waals surface area contributed by atoms with Crippen molar-refractivity contribution in [2.75, 3.05) is 0 Å². The highest BCUT2D eigenvalue weighted by Gasteiger charge is 2.19. The van der Waals surface area contributed by atoms with Crippen molar-refractivity contribution < 1.29 is 4.79 Å². The first-order chi connectivity index (χ1) is 9.68. The second-order valence-corrected chi connectivity index (χ2v) is 4.40. The third-order valence-corrected chi connectivity index (χ3v) is 3.11. The largest absolute Gasteiger partial charge is 0.366 e. The van der Waals surface area contributed by atoms with Crippen molar-refractivity contribution in [3.63, 3.8) is 0 Å². The average molecular weight is 264 g/mol. The maximum absolute atomic E-state index is 11.8. The fourth-order valence-electron chi connectivity index (χ4n) is 2.29. The number of hydrogen-bond acceptors (Lipinski definition) is 4.